The number of allylic oxidation sites excluding steroid dienone is 2. The molecule has 1 heterocycles. The van der Waals surface area contributed by atoms with E-state index in [1.165, 1.54) is 5.32 Å². The maximum absolute atomic E-state index is 12.1. The highest BCUT2D eigenvalue weighted by Gasteiger charge is 2.47. The number of fused-ring (bicyclic) bond motifs is 1. The van der Waals surface area contributed by atoms with Gasteiger partial charge in [0.2, 0.25) is 17.7 Å². The van der Waals surface area contributed by atoms with E-state index in [1.807, 2.05) is 0 Å². The lowest BCUT2D eigenvalue weighted by Crippen LogP contribution is -2.47. The summed E-state index contributed by atoms with van der Waals surface area (Å²) >= 11 is 0. The molecule has 0 saturated carbocycles. The number of halogens is 3. The number of nitrogens with one attached hydrogen (secondary N) is 2. The summed E-state index contributed by atoms with van der Waals surface area (Å²) in [5, 5.41) is 3.11. The van der Waals surface area contributed by atoms with Crippen molar-refractivity contribution < 1.29 is 32.3 Å². The van der Waals surface area contributed by atoms with Crippen LogP contribution in [0.5, 0.6) is 0 Å². The Labute approximate surface area is 128 Å². The zero-order chi connectivity index (χ0) is 17.2. The molecule has 0 aromatic heterocycles. The smallest absolute Gasteiger partial charge is 0.329 e. The molecule has 1 aliphatic heterocycles. The molecule has 1 fully saturated rings. The lowest BCUT2D eigenvalue weighted by Gasteiger charge is -2.14. The molecule has 2 atom stereocenters. The lowest BCUT2D eigenvalue weighted by molar-refractivity contribution is -0.143. The Balaban J connectivity index is 1.87. The predicted molar refractivity (Wildman–Crippen MR) is 69.7 cm³/mol. The van der Waals surface area contributed by atoms with Crippen LogP contribution in [0.25, 0.3) is 0 Å². The molecule has 1 saturated heterocycles. The van der Waals surface area contributed by atoms with E-state index in [2.05, 4.69) is 0 Å². The molecule has 0 spiro atoms. The van der Waals surface area contributed by atoms with Crippen LogP contribution in [0.3, 0.4) is 0 Å². The molecule has 126 valence electrons. The lowest BCUT2D eigenvalue weighted by atomic mass is 9.85. The average Bonchev–Trinajstić information content (AvgIpc) is 2.70. The van der Waals surface area contributed by atoms with Gasteiger partial charge in [-0.05, 0) is 12.8 Å². The highest BCUT2D eigenvalue weighted by atomic mass is 19.4. The number of hydrogen-bond acceptors (Lipinski definition) is 4. The summed E-state index contributed by atoms with van der Waals surface area (Å²) < 4.78 is 35.8. The molecule has 0 bridgehead atoms. The molecule has 0 aromatic rings. The SMILES string of the molecule is O=C(CN1C(=O)[C@@H]2CC=CC[C@H]2C1=O)NC(=O)NCC(F)(F)F. The number of nitrogens with zero attached hydrogens (tertiary/aromatic N) is 1. The molecule has 5 amide bonds. The molecular weight excluding hydrogens is 319 g/mol. The number of alkyl halides is 3. The van der Waals surface area contributed by atoms with Gasteiger partial charge in [0.05, 0.1) is 11.8 Å². The second-order valence-electron chi connectivity index (χ2n) is 5.26. The first-order valence-corrected chi connectivity index (χ1v) is 6.83. The summed E-state index contributed by atoms with van der Waals surface area (Å²) in [4.78, 5) is 47.6. The van der Waals surface area contributed by atoms with Gasteiger partial charge in [0.25, 0.3) is 0 Å². The molecule has 2 aliphatic rings. The Hall–Kier alpha value is -2.39. The summed E-state index contributed by atoms with van der Waals surface area (Å²) in [6.07, 6.45) is -0.246. The van der Waals surface area contributed by atoms with Gasteiger partial charge < -0.3 is 5.32 Å². The van der Waals surface area contributed by atoms with Gasteiger partial charge in [-0.15, -0.1) is 0 Å². The van der Waals surface area contributed by atoms with Crippen LogP contribution in [0.4, 0.5) is 18.0 Å². The van der Waals surface area contributed by atoms with Crippen molar-refractivity contribution in [2.45, 2.75) is 19.0 Å². The number of carbonyl (C=O) groups is 4. The number of hydrogen-bond donors (Lipinski definition) is 2. The Morgan fingerprint density at radius 2 is 1.65 bits per heavy atom. The van der Waals surface area contributed by atoms with E-state index in [1.54, 1.807) is 17.5 Å². The minimum Gasteiger partial charge on any atom is -0.329 e. The van der Waals surface area contributed by atoms with Gasteiger partial charge in [0, 0.05) is 0 Å². The summed E-state index contributed by atoms with van der Waals surface area (Å²) in [5.41, 5.74) is 0. The van der Waals surface area contributed by atoms with Crippen molar-refractivity contribution in [3.63, 3.8) is 0 Å². The minimum absolute atomic E-state index is 0.402. The Kier molecular flexibility index (Phi) is 4.71. The average molecular weight is 333 g/mol. The van der Waals surface area contributed by atoms with Crippen molar-refractivity contribution in [1.29, 1.82) is 0 Å². The molecule has 0 unspecified atom stereocenters. The van der Waals surface area contributed by atoms with Crippen LogP contribution in [-0.4, -0.2) is 47.9 Å². The second kappa shape index (κ2) is 6.39. The van der Waals surface area contributed by atoms with Gasteiger partial charge >= 0.3 is 12.2 Å². The molecular formula is C13H14F3N3O4. The van der Waals surface area contributed by atoms with E-state index in [4.69, 9.17) is 0 Å². The van der Waals surface area contributed by atoms with Crippen LogP contribution in [0, 0.1) is 11.8 Å². The zero-order valence-electron chi connectivity index (χ0n) is 11.9. The maximum Gasteiger partial charge on any atom is 0.405 e. The first kappa shape index (κ1) is 17.0. The number of likely N-dealkylation sites (tertiary alicyclic amines) is 1. The Bertz CT molecular complexity index is 547. The minimum atomic E-state index is -4.61. The quantitative estimate of drug-likeness (QED) is 0.574. The van der Waals surface area contributed by atoms with Crippen LogP contribution in [0.2, 0.25) is 0 Å². The highest BCUT2D eigenvalue weighted by molar-refractivity contribution is 6.08. The summed E-state index contributed by atoms with van der Waals surface area (Å²) in [6, 6.07) is -1.34. The normalized spacial score (nSPS) is 23.7. The largest absolute Gasteiger partial charge is 0.405 e. The van der Waals surface area contributed by atoms with Crippen LogP contribution in [0.1, 0.15) is 12.8 Å². The van der Waals surface area contributed by atoms with E-state index in [-0.39, 0.29) is 0 Å². The van der Waals surface area contributed by atoms with Crippen molar-refractivity contribution in [1.82, 2.24) is 15.5 Å². The fourth-order valence-corrected chi connectivity index (χ4v) is 2.56. The van der Waals surface area contributed by atoms with E-state index in [0.29, 0.717) is 12.8 Å². The fourth-order valence-electron chi connectivity index (χ4n) is 2.56. The number of urea groups is 1. The third kappa shape index (κ3) is 4.08. The van der Waals surface area contributed by atoms with Crippen LogP contribution >= 0.6 is 0 Å². The molecule has 2 rings (SSSR count). The first-order valence-electron chi connectivity index (χ1n) is 6.83. The van der Waals surface area contributed by atoms with Gasteiger partial charge in [-0.25, -0.2) is 4.79 Å². The van der Waals surface area contributed by atoms with Gasteiger partial charge in [-0.3, -0.25) is 24.6 Å². The number of carbonyl (C=O) groups excluding carboxylic acids is 4. The Morgan fingerprint density at radius 1 is 1.13 bits per heavy atom. The third-order valence-corrected chi connectivity index (χ3v) is 3.60. The standard InChI is InChI=1S/C13H14F3N3O4/c14-13(15,16)6-17-12(23)18-9(20)5-19-10(21)7-3-1-2-4-8(7)11(19)22/h1-2,7-8H,3-6H2,(H2,17,18,20,23)/t7-,8-/m1/s1. The van der Waals surface area contributed by atoms with Gasteiger partial charge in [0.15, 0.2) is 0 Å². The van der Waals surface area contributed by atoms with Crippen molar-refractivity contribution >= 4 is 23.8 Å². The van der Waals surface area contributed by atoms with E-state index in [9.17, 15) is 32.3 Å². The van der Waals surface area contributed by atoms with E-state index < -0.39 is 54.9 Å². The van der Waals surface area contributed by atoms with Crippen molar-refractivity contribution in [3.05, 3.63) is 12.2 Å². The molecule has 0 aromatic carbocycles. The van der Waals surface area contributed by atoms with Crippen LogP contribution in [0.15, 0.2) is 12.2 Å². The number of amides is 5. The summed E-state index contributed by atoms with van der Waals surface area (Å²) in [5.74, 6) is -3.07. The molecule has 1 aliphatic carbocycles. The topological polar surface area (TPSA) is 95.6 Å². The van der Waals surface area contributed by atoms with Gasteiger partial charge in [-0.1, -0.05) is 12.2 Å². The summed E-state index contributed by atoms with van der Waals surface area (Å²) in [7, 11) is 0. The van der Waals surface area contributed by atoms with Crippen molar-refractivity contribution in [3.8, 4) is 0 Å². The van der Waals surface area contributed by atoms with E-state index in [0.717, 1.165) is 4.90 Å². The maximum atomic E-state index is 12.1. The van der Waals surface area contributed by atoms with E-state index >= 15 is 0 Å². The van der Waals surface area contributed by atoms with Crippen LogP contribution < -0.4 is 10.6 Å². The molecule has 23 heavy (non-hydrogen) atoms. The Morgan fingerprint density at radius 3 is 2.13 bits per heavy atom. The monoisotopic (exact) mass is 333 g/mol. The molecule has 7 nitrogen and oxygen atoms in total. The van der Waals surface area contributed by atoms with Crippen molar-refractivity contribution in [2.75, 3.05) is 13.1 Å². The highest BCUT2D eigenvalue weighted by Crippen LogP contribution is 2.34. The first-order chi connectivity index (χ1) is 10.7. The molecule has 2 N–H and O–H groups in total. The second-order valence-corrected chi connectivity index (χ2v) is 5.26. The number of imide groups is 2. The number of rotatable bonds is 3. The fraction of sp³-hybridized carbons (Fsp3) is 0.538. The van der Waals surface area contributed by atoms with Crippen molar-refractivity contribution in [2.24, 2.45) is 11.8 Å². The van der Waals surface area contributed by atoms with Gasteiger partial charge in [0.1, 0.15) is 13.1 Å². The third-order valence-electron chi connectivity index (χ3n) is 3.60. The zero-order valence-corrected chi connectivity index (χ0v) is 11.9. The molecule has 10 heteroatoms. The van der Waals surface area contributed by atoms with Crippen LogP contribution in [-0.2, 0) is 14.4 Å². The molecule has 0 radical (unpaired) electrons. The summed E-state index contributed by atoms with van der Waals surface area (Å²) in [6.45, 7) is -2.28. The predicted octanol–water partition coefficient (Wildman–Crippen LogP) is 0.326. The van der Waals surface area contributed by atoms with Gasteiger partial charge in [-0.2, -0.15) is 13.2 Å².